The highest BCUT2D eigenvalue weighted by Crippen LogP contribution is 2.12. The number of benzene rings is 1. The molecule has 15 heteroatoms. The van der Waals surface area contributed by atoms with Gasteiger partial charge in [-0.1, -0.05) is 12.1 Å². The molecule has 1 aromatic rings. The van der Waals surface area contributed by atoms with Gasteiger partial charge in [0.2, 0.25) is 17.7 Å². The third-order valence-corrected chi connectivity index (χ3v) is 5.06. The highest BCUT2D eigenvalue weighted by Gasteiger charge is 2.33. The molecule has 0 saturated carbocycles. The fourth-order valence-electron chi connectivity index (χ4n) is 3.08. The molecule has 37 heavy (non-hydrogen) atoms. The Morgan fingerprint density at radius 2 is 1.41 bits per heavy atom. The van der Waals surface area contributed by atoms with Crippen molar-refractivity contribution in [3.63, 3.8) is 0 Å². The van der Waals surface area contributed by atoms with E-state index in [2.05, 4.69) is 16.0 Å². The van der Waals surface area contributed by atoms with Crippen LogP contribution in [-0.4, -0.2) is 91.4 Å². The molecule has 0 spiro atoms. The van der Waals surface area contributed by atoms with Gasteiger partial charge in [-0.15, -0.1) is 0 Å². The smallest absolute Gasteiger partial charge is 0.326 e. The van der Waals surface area contributed by atoms with Crippen LogP contribution in [0.4, 0.5) is 0 Å². The number of nitrogens with two attached hydrogens (primary N) is 1. The second-order valence-corrected chi connectivity index (χ2v) is 8.19. The van der Waals surface area contributed by atoms with Gasteiger partial charge in [0.25, 0.3) is 0 Å². The molecule has 0 aliphatic carbocycles. The lowest BCUT2D eigenvalue weighted by Gasteiger charge is -2.26. The van der Waals surface area contributed by atoms with Crippen molar-refractivity contribution in [1.29, 1.82) is 0 Å². The van der Waals surface area contributed by atoms with Gasteiger partial charge < -0.3 is 47.2 Å². The number of rotatable bonds is 15. The molecule has 10 N–H and O–H groups in total. The molecule has 1 aromatic carbocycles. The van der Waals surface area contributed by atoms with Crippen molar-refractivity contribution in [2.75, 3.05) is 0 Å². The lowest BCUT2D eigenvalue weighted by atomic mass is 10.0. The van der Waals surface area contributed by atoms with Gasteiger partial charge in [0.05, 0.1) is 18.6 Å². The first-order valence-electron chi connectivity index (χ1n) is 11.0. The van der Waals surface area contributed by atoms with E-state index in [1.54, 1.807) is 0 Å². The Bertz CT molecular complexity index is 997. The number of carboxylic acid groups (broad SMARTS) is 3. The third-order valence-electron chi connectivity index (χ3n) is 5.06. The Morgan fingerprint density at radius 3 is 1.89 bits per heavy atom. The van der Waals surface area contributed by atoms with Gasteiger partial charge in [-0.2, -0.15) is 0 Å². The normalized spacial score (nSPS) is 14.8. The average Bonchev–Trinajstić information content (AvgIpc) is 2.79. The van der Waals surface area contributed by atoms with Gasteiger partial charge in [0.1, 0.15) is 23.9 Å². The number of amides is 3. The van der Waals surface area contributed by atoms with Crippen LogP contribution < -0.4 is 21.7 Å². The van der Waals surface area contributed by atoms with Crippen molar-refractivity contribution >= 4 is 35.6 Å². The van der Waals surface area contributed by atoms with Crippen LogP contribution in [0.25, 0.3) is 0 Å². The number of hydrogen-bond donors (Lipinski definition) is 9. The summed E-state index contributed by atoms with van der Waals surface area (Å²) in [7, 11) is 0. The number of phenols is 1. The highest BCUT2D eigenvalue weighted by atomic mass is 16.4. The van der Waals surface area contributed by atoms with Crippen molar-refractivity contribution in [2.45, 2.75) is 62.9 Å². The number of aliphatic hydroxyl groups excluding tert-OH is 1. The Hall–Kier alpha value is -4.24. The minimum absolute atomic E-state index is 0.0558. The number of carbonyl (C=O) groups is 6. The molecule has 15 nitrogen and oxygen atoms in total. The molecule has 0 aromatic heterocycles. The average molecular weight is 526 g/mol. The molecule has 0 aliphatic heterocycles. The van der Waals surface area contributed by atoms with Gasteiger partial charge >= 0.3 is 17.9 Å². The zero-order valence-corrected chi connectivity index (χ0v) is 19.8. The molecule has 204 valence electrons. The zero-order valence-electron chi connectivity index (χ0n) is 19.8. The lowest BCUT2D eigenvalue weighted by Crippen LogP contribution is -2.60. The first-order valence-corrected chi connectivity index (χ1v) is 11.0. The Morgan fingerprint density at radius 1 is 0.838 bits per heavy atom. The summed E-state index contributed by atoms with van der Waals surface area (Å²) in [5, 5.41) is 53.0. The molecule has 0 radical (unpaired) electrons. The van der Waals surface area contributed by atoms with Gasteiger partial charge in [0, 0.05) is 12.8 Å². The molecule has 5 unspecified atom stereocenters. The minimum atomic E-state index is -1.69. The predicted octanol–water partition coefficient (Wildman–Crippen LogP) is -2.48. The van der Waals surface area contributed by atoms with Crippen LogP contribution in [-0.2, 0) is 35.2 Å². The molecular weight excluding hydrogens is 496 g/mol. The summed E-state index contributed by atoms with van der Waals surface area (Å²) in [6.45, 7) is 1.12. The van der Waals surface area contributed by atoms with E-state index < -0.39 is 85.2 Å². The van der Waals surface area contributed by atoms with Crippen LogP contribution in [0.3, 0.4) is 0 Å². The summed E-state index contributed by atoms with van der Waals surface area (Å²) in [4.78, 5) is 71.2. The number of nitrogens with one attached hydrogen (secondary N) is 3. The molecule has 1 rings (SSSR count). The number of hydrogen-bond acceptors (Lipinski definition) is 9. The van der Waals surface area contributed by atoms with Gasteiger partial charge in [-0.05, 0) is 31.0 Å². The molecule has 0 heterocycles. The number of carbonyl (C=O) groups excluding carboxylic acids is 3. The summed E-state index contributed by atoms with van der Waals surface area (Å²) < 4.78 is 0. The maximum Gasteiger partial charge on any atom is 0.326 e. The second-order valence-electron chi connectivity index (χ2n) is 8.19. The quantitative estimate of drug-likeness (QED) is 0.115. The fraction of sp³-hybridized carbons (Fsp3) is 0.455. The molecule has 5 atom stereocenters. The molecule has 3 amide bonds. The van der Waals surface area contributed by atoms with Gasteiger partial charge in [-0.25, -0.2) is 4.79 Å². The largest absolute Gasteiger partial charge is 0.508 e. The van der Waals surface area contributed by atoms with Crippen LogP contribution >= 0.6 is 0 Å². The number of aromatic hydroxyl groups is 1. The maximum atomic E-state index is 12.8. The van der Waals surface area contributed by atoms with Crippen molar-refractivity contribution in [3.8, 4) is 5.75 Å². The lowest BCUT2D eigenvalue weighted by molar-refractivity contribution is -0.143. The zero-order chi connectivity index (χ0) is 28.3. The Labute approximate surface area is 210 Å². The number of aliphatic carboxylic acids is 3. The van der Waals surface area contributed by atoms with Crippen molar-refractivity contribution < 1.29 is 54.3 Å². The van der Waals surface area contributed by atoms with Crippen molar-refractivity contribution in [3.05, 3.63) is 29.8 Å². The van der Waals surface area contributed by atoms with Crippen molar-refractivity contribution in [1.82, 2.24) is 16.0 Å². The van der Waals surface area contributed by atoms with Gasteiger partial charge in [-0.3, -0.25) is 24.0 Å². The van der Waals surface area contributed by atoms with Crippen LogP contribution in [0.2, 0.25) is 0 Å². The van der Waals surface area contributed by atoms with Crippen molar-refractivity contribution in [2.24, 2.45) is 5.73 Å². The van der Waals surface area contributed by atoms with E-state index in [9.17, 15) is 44.1 Å². The van der Waals surface area contributed by atoms with Crippen LogP contribution in [0.15, 0.2) is 24.3 Å². The standard InChI is InChI=1S/C22H30N4O11/c1-10(27)18(26-19(33)13(23)9-17(31)32)21(35)24-14(6-7-16(29)30)20(34)25-15(22(36)37)8-11-2-4-12(28)5-3-11/h2-5,10,13-15,18,27-28H,6-9,23H2,1H3,(H,24,35)(H,25,34)(H,26,33)(H,29,30)(H,31,32)(H,36,37). The number of carboxylic acids is 3. The second kappa shape index (κ2) is 14.4. The van der Waals surface area contributed by atoms with Crippen LogP contribution in [0.5, 0.6) is 5.75 Å². The molecule has 0 aliphatic rings. The fourth-order valence-corrected chi connectivity index (χ4v) is 3.08. The molecule has 0 saturated heterocycles. The summed E-state index contributed by atoms with van der Waals surface area (Å²) in [5.74, 6) is -7.42. The molecule has 0 fully saturated rings. The van der Waals surface area contributed by atoms with E-state index in [1.165, 1.54) is 24.3 Å². The highest BCUT2D eigenvalue weighted by molar-refractivity contribution is 5.95. The monoisotopic (exact) mass is 526 g/mol. The first-order chi connectivity index (χ1) is 17.2. The SMILES string of the molecule is CC(O)C(NC(=O)C(N)CC(=O)O)C(=O)NC(CCC(=O)O)C(=O)NC(Cc1ccc(O)cc1)C(=O)O. The molecular formula is C22H30N4O11. The van der Waals surface area contributed by atoms with E-state index in [-0.39, 0.29) is 12.2 Å². The maximum absolute atomic E-state index is 12.8. The molecule has 0 bridgehead atoms. The van der Waals surface area contributed by atoms with E-state index in [1.807, 2.05) is 0 Å². The van der Waals surface area contributed by atoms with Crippen LogP contribution in [0.1, 0.15) is 31.7 Å². The Balaban J connectivity index is 3.03. The van der Waals surface area contributed by atoms with Gasteiger partial charge in [0.15, 0.2) is 0 Å². The summed E-state index contributed by atoms with van der Waals surface area (Å²) in [6.07, 6.45) is -3.55. The van der Waals surface area contributed by atoms with Crippen LogP contribution in [0, 0.1) is 0 Å². The van der Waals surface area contributed by atoms with E-state index >= 15 is 0 Å². The van der Waals surface area contributed by atoms with E-state index in [0.717, 1.165) is 6.92 Å². The number of aliphatic hydroxyl groups is 1. The Kier molecular flexibility index (Phi) is 11.9. The summed E-state index contributed by atoms with van der Waals surface area (Å²) in [6, 6.07) is -0.789. The summed E-state index contributed by atoms with van der Waals surface area (Å²) >= 11 is 0. The first kappa shape index (κ1) is 30.8. The topological polar surface area (TPSA) is 266 Å². The number of phenolic OH excluding ortho intramolecular Hbond substituents is 1. The predicted molar refractivity (Wildman–Crippen MR) is 124 cm³/mol. The summed E-state index contributed by atoms with van der Waals surface area (Å²) in [5.41, 5.74) is 5.90. The van der Waals surface area contributed by atoms with E-state index in [0.29, 0.717) is 5.56 Å². The van der Waals surface area contributed by atoms with E-state index in [4.69, 9.17) is 15.9 Å². The minimum Gasteiger partial charge on any atom is -0.508 e. The third kappa shape index (κ3) is 10.9.